The molecule has 0 saturated carbocycles. The first kappa shape index (κ1) is 21.5. The van der Waals surface area contributed by atoms with E-state index in [0.29, 0.717) is 5.82 Å². The Kier molecular flexibility index (Phi) is 5.89. The van der Waals surface area contributed by atoms with Crippen LogP contribution >= 0.6 is 0 Å². The van der Waals surface area contributed by atoms with E-state index in [-0.39, 0.29) is 23.3 Å². The van der Waals surface area contributed by atoms with Crippen molar-refractivity contribution in [1.29, 1.82) is 0 Å². The highest BCUT2D eigenvalue weighted by Gasteiger charge is 2.23. The zero-order chi connectivity index (χ0) is 22.7. The van der Waals surface area contributed by atoms with Crippen LogP contribution in [-0.2, 0) is 21.4 Å². The summed E-state index contributed by atoms with van der Waals surface area (Å²) >= 11 is 0. The van der Waals surface area contributed by atoms with Crippen molar-refractivity contribution < 1.29 is 22.4 Å². The van der Waals surface area contributed by atoms with E-state index in [1.807, 2.05) is 60.7 Å². The van der Waals surface area contributed by atoms with E-state index in [4.69, 9.17) is 9.15 Å². The average Bonchev–Trinajstić information content (AvgIpc) is 3.47. The number of furan rings is 1. The van der Waals surface area contributed by atoms with E-state index < -0.39 is 16.0 Å². The molecule has 0 amide bonds. The third-order valence-corrected chi connectivity index (χ3v) is 6.23. The Bertz CT molecular complexity index is 1270. The van der Waals surface area contributed by atoms with Crippen LogP contribution < -0.4 is 0 Å². The van der Waals surface area contributed by atoms with Crippen LogP contribution in [0.15, 0.2) is 82.3 Å². The maximum absolute atomic E-state index is 12.6. The van der Waals surface area contributed by atoms with Crippen molar-refractivity contribution in [1.82, 2.24) is 19.1 Å². The van der Waals surface area contributed by atoms with E-state index in [0.717, 1.165) is 15.6 Å². The van der Waals surface area contributed by atoms with E-state index in [1.165, 1.54) is 26.2 Å². The van der Waals surface area contributed by atoms with E-state index in [9.17, 15) is 13.2 Å². The lowest BCUT2D eigenvalue weighted by molar-refractivity contribution is 0.0426. The Morgan fingerprint density at radius 3 is 2.31 bits per heavy atom. The van der Waals surface area contributed by atoms with Crippen molar-refractivity contribution in [2.24, 2.45) is 0 Å². The van der Waals surface area contributed by atoms with Gasteiger partial charge in [-0.2, -0.15) is 0 Å². The molecule has 0 aliphatic heterocycles. The van der Waals surface area contributed by atoms with Gasteiger partial charge in [-0.3, -0.25) is 0 Å². The Hall–Kier alpha value is -3.76. The number of para-hydroxylation sites is 1. The first-order valence-electron chi connectivity index (χ1n) is 9.62. The second-order valence-electron chi connectivity index (χ2n) is 6.96. The summed E-state index contributed by atoms with van der Waals surface area (Å²) in [6.45, 7) is -0.262. The molecule has 9 nitrogen and oxygen atoms in total. The Labute approximate surface area is 184 Å². The molecule has 0 fully saturated rings. The molecule has 0 N–H and O–H groups in total. The second-order valence-corrected chi connectivity index (χ2v) is 9.04. The quantitative estimate of drug-likeness (QED) is 0.397. The summed E-state index contributed by atoms with van der Waals surface area (Å²) in [6, 6.07) is 21.4. The number of benzene rings is 2. The van der Waals surface area contributed by atoms with Gasteiger partial charge >= 0.3 is 5.97 Å². The van der Waals surface area contributed by atoms with Crippen LogP contribution in [0.5, 0.6) is 0 Å². The molecule has 10 heteroatoms. The predicted octanol–water partition coefficient (Wildman–Crippen LogP) is 3.13. The van der Waals surface area contributed by atoms with Crippen LogP contribution in [0, 0.1) is 0 Å². The molecule has 32 heavy (non-hydrogen) atoms. The average molecular weight is 452 g/mol. The third-order valence-electron chi connectivity index (χ3n) is 4.54. The van der Waals surface area contributed by atoms with Gasteiger partial charge in [0.15, 0.2) is 5.82 Å². The van der Waals surface area contributed by atoms with Gasteiger partial charge in [-0.1, -0.05) is 48.5 Å². The second kappa shape index (κ2) is 8.77. The van der Waals surface area contributed by atoms with Crippen LogP contribution in [-0.4, -0.2) is 47.6 Å². The van der Waals surface area contributed by atoms with Crippen LogP contribution in [0.3, 0.4) is 0 Å². The molecule has 0 spiro atoms. The molecule has 2 aromatic heterocycles. The SMILES string of the molecule is CN(C)S(=O)(=O)c1ccc(COC(=O)c2nc(-c3ccccc3)n(-c3ccccc3)n2)o1. The molecular formula is C22H20N4O5S. The largest absolute Gasteiger partial charge is 0.452 e. The van der Waals surface area contributed by atoms with Crippen molar-refractivity contribution in [3.05, 3.63) is 84.4 Å². The summed E-state index contributed by atoms with van der Waals surface area (Å²) in [5.41, 5.74) is 1.52. The predicted molar refractivity (Wildman–Crippen MR) is 115 cm³/mol. The number of carbonyl (C=O) groups excluding carboxylic acids is 1. The van der Waals surface area contributed by atoms with Crippen LogP contribution in [0.25, 0.3) is 17.1 Å². The van der Waals surface area contributed by atoms with Gasteiger partial charge in [0, 0.05) is 19.7 Å². The summed E-state index contributed by atoms with van der Waals surface area (Å²) in [7, 11) is -0.913. The van der Waals surface area contributed by atoms with Crippen molar-refractivity contribution in [2.75, 3.05) is 14.1 Å². The number of hydrogen-bond donors (Lipinski definition) is 0. The standard InChI is InChI=1S/C22H20N4O5S/c1-25(2)32(28,29)19-14-13-18(31-19)15-30-22(27)20-23-21(16-9-5-3-6-10-16)26(24-20)17-11-7-4-8-12-17/h3-14H,15H2,1-2H3. The smallest absolute Gasteiger partial charge is 0.378 e. The minimum Gasteiger partial charge on any atom is -0.452 e. The number of carbonyl (C=O) groups is 1. The van der Waals surface area contributed by atoms with Crippen LogP contribution in [0.4, 0.5) is 0 Å². The van der Waals surface area contributed by atoms with Gasteiger partial charge in [0.05, 0.1) is 5.69 Å². The van der Waals surface area contributed by atoms with E-state index >= 15 is 0 Å². The summed E-state index contributed by atoms with van der Waals surface area (Å²) in [4.78, 5) is 17.0. The molecule has 2 heterocycles. The lowest BCUT2D eigenvalue weighted by Crippen LogP contribution is -2.21. The molecule has 0 atom stereocenters. The third kappa shape index (κ3) is 4.32. The van der Waals surface area contributed by atoms with Gasteiger partial charge in [0.25, 0.3) is 15.8 Å². The molecule has 2 aromatic carbocycles. The molecule has 4 aromatic rings. The van der Waals surface area contributed by atoms with Gasteiger partial charge in [-0.15, -0.1) is 5.10 Å². The number of aromatic nitrogens is 3. The van der Waals surface area contributed by atoms with Gasteiger partial charge < -0.3 is 9.15 Å². The number of hydrogen-bond acceptors (Lipinski definition) is 7. The molecular weight excluding hydrogens is 432 g/mol. The molecule has 0 aliphatic carbocycles. The number of rotatable bonds is 7. The highest BCUT2D eigenvalue weighted by molar-refractivity contribution is 7.88. The zero-order valence-electron chi connectivity index (χ0n) is 17.4. The van der Waals surface area contributed by atoms with Crippen LogP contribution in [0.1, 0.15) is 16.4 Å². The highest BCUT2D eigenvalue weighted by Crippen LogP contribution is 2.22. The monoisotopic (exact) mass is 452 g/mol. The Morgan fingerprint density at radius 2 is 1.66 bits per heavy atom. The molecule has 0 bridgehead atoms. The van der Waals surface area contributed by atoms with Crippen molar-refractivity contribution in [3.8, 4) is 17.1 Å². The van der Waals surface area contributed by atoms with Crippen LogP contribution in [0.2, 0.25) is 0 Å². The summed E-state index contributed by atoms with van der Waals surface area (Å²) in [5, 5.41) is 4.10. The molecule has 0 aliphatic rings. The number of sulfonamides is 1. The lowest BCUT2D eigenvalue weighted by Gasteiger charge is -2.07. The number of ether oxygens (including phenoxy) is 1. The molecule has 0 radical (unpaired) electrons. The molecule has 4 rings (SSSR count). The molecule has 164 valence electrons. The van der Waals surface area contributed by atoms with E-state index in [1.54, 1.807) is 4.68 Å². The topological polar surface area (TPSA) is 108 Å². The van der Waals surface area contributed by atoms with Crippen molar-refractivity contribution in [3.63, 3.8) is 0 Å². The van der Waals surface area contributed by atoms with Gasteiger partial charge in [-0.25, -0.2) is 27.2 Å². The summed E-state index contributed by atoms with van der Waals surface area (Å²) in [5.74, 6) is -0.212. The molecule has 0 saturated heterocycles. The van der Waals surface area contributed by atoms with Gasteiger partial charge in [-0.05, 0) is 24.3 Å². The van der Waals surface area contributed by atoms with Crippen molar-refractivity contribution >= 4 is 16.0 Å². The lowest BCUT2D eigenvalue weighted by atomic mass is 10.2. The Morgan fingerprint density at radius 1 is 1.00 bits per heavy atom. The minimum absolute atomic E-state index is 0.125. The maximum Gasteiger partial charge on any atom is 0.378 e. The minimum atomic E-state index is -3.71. The number of esters is 1. The van der Waals surface area contributed by atoms with Crippen molar-refractivity contribution in [2.45, 2.75) is 11.7 Å². The highest BCUT2D eigenvalue weighted by atomic mass is 32.2. The summed E-state index contributed by atoms with van der Waals surface area (Å²) < 4.78 is 37.4. The Balaban J connectivity index is 1.57. The van der Waals surface area contributed by atoms with E-state index in [2.05, 4.69) is 10.1 Å². The fraction of sp³-hybridized carbons (Fsp3) is 0.136. The normalized spacial score (nSPS) is 11.6. The van der Waals surface area contributed by atoms with Gasteiger partial charge in [0.1, 0.15) is 12.4 Å². The van der Waals surface area contributed by atoms with Gasteiger partial charge in [0.2, 0.25) is 5.09 Å². The first-order chi connectivity index (χ1) is 15.4. The number of nitrogens with zero attached hydrogens (tertiary/aromatic N) is 4. The molecule has 0 unspecified atom stereocenters. The summed E-state index contributed by atoms with van der Waals surface area (Å²) in [6.07, 6.45) is 0. The maximum atomic E-state index is 12.6. The first-order valence-corrected chi connectivity index (χ1v) is 11.1. The fourth-order valence-electron chi connectivity index (χ4n) is 2.88. The zero-order valence-corrected chi connectivity index (χ0v) is 18.2. The fourth-order valence-corrected chi connectivity index (χ4v) is 3.69.